The van der Waals surface area contributed by atoms with Gasteiger partial charge in [0.15, 0.2) is 12.4 Å². The molecule has 0 amide bonds. The first-order valence-corrected chi connectivity index (χ1v) is 8.19. The first-order chi connectivity index (χ1) is 11.2. The molecule has 3 aromatic rings. The van der Waals surface area contributed by atoms with Gasteiger partial charge in [0.1, 0.15) is 4.88 Å². The average molecular weight is 326 g/mol. The molecule has 0 radical (unpaired) electrons. The number of carbonyl (C=O) groups is 1. The van der Waals surface area contributed by atoms with E-state index < -0.39 is 0 Å². The third-order valence-corrected chi connectivity index (χ3v) is 5.02. The van der Waals surface area contributed by atoms with Gasteiger partial charge in [0.25, 0.3) is 5.89 Å². The number of fused-ring (bicyclic) bond motifs is 3. The fourth-order valence-electron chi connectivity index (χ4n) is 2.77. The van der Waals surface area contributed by atoms with Crippen molar-refractivity contribution in [3.63, 3.8) is 0 Å². The molecule has 0 spiro atoms. The molecule has 0 fully saturated rings. The molecule has 0 aliphatic heterocycles. The molecule has 2 aromatic heterocycles. The van der Waals surface area contributed by atoms with Gasteiger partial charge in [0.2, 0.25) is 0 Å². The fourth-order valence-corrected chi connectivity index (χ4v) is 3.93. The summed E-state index contributed by atoms with van der Waals surface area (Å²) >= 11 is 1.49. The summed E-state index contributed by atoms with van der Waals surface area (Å²) in [6.45, 7) is 1.72. The van der Waals surface area contributed by atoms with Crippen LogP contribution in [0, 0.1) is 6.92 Å². The molecule has 116 valence electrons. The number of benzene rings is 1. The summed E-state index contributed by atoms with van der Waals surface area (Å²) in [6.07, 6.45) is 1.97. The molecule has 0 N–H and O–H groups in total. The van der Waals surface area contributed by atoms with Crippen LogP contribution in [-0.4, -0.2) is 16.1 Å². The number of esters is 1. The van der Waals surface area contributed by atoms with Crippen LogP contribution in [0.5, 0.6) is 0 Å². The van der Waals surface area contributed by atoms with Gasteiger partial charge in [0, 0.05) is 4.88 Å². The molecule has 0 saturated heterocycles. The lowest BCUT2D eigenvalue weighted by Crippen LogP contribution is -2.03. The zero-order valence-electron chi connectivity index (χ0n) is 12.5. The van der Waals surface area contributed by atoms with E-state index in [4.69, 9.17) is 9.26 Å². The van der Waals surface area contributed by atoms with Crippen molar-refractivity contribution in [2.24, 2.45) is 0 Å². The van der Waals surface area contributed by atoms with Crippen molar-refractivity contribution in [2.75, 3.05) is 0 Å². The first-order valence-electron chi connectivity index (χ1n) is 7.38. The van der Waals surface area contributed by atoms with E-state index in [1.165, 1.54) is 32.9 Å². The third-order valence-electron chi connectivity index (χ3n) is 3.83. The number of aryl methyl sites for hydroxylation is 3. The molecule has 1 aliphatic carbocycles. The predicted octanol–water partition coefficient (Wildman–Crippen LogP) is 3.56. The highest BCUT2D eigenvalue weighted by atomic mass is 32.1. The van der Waals surface area contributed by atoms with E-state index in [0.29, 0.717) is 16.6 Å². The summed E-state index contributed by atoms with van der Waals surface area (Å²) in [4.78, 5) is 18.1. The molecule has 1 aromatic carbocycles. The first kappa shape index (κ1) is 14.1. The Kier molecular flexibility index (Phi) is 3.46. The maximum absolute atomic E-state index is 12.3. The quantitative estimate of drug-likeness (QED) is 0.689. The number of hydrogen-bond donors (Lipinski definition) is 0. The summed E-state index contributed by atoms with van der Waals surface area (Å²) in [5.74, 6) is 0.486. The van der Waals surface area contributed by atoms with Gasteiger partial charge in [-0.05, 0) is 42.5 Å². The smallest absolute Gasteiger partial charge is 0.348 e. The van der Waals surface area contributed by atoms with Crippen LogP contribution in [0.1, 0.15) is 32.5 Å². The Bertz CT molecular complexity index is 882. The van der Waals surface area contributed by atoms with Crippen LogP contribution in [0.3, 0.4) is 0 Å². The molecule has 4 rings (SSSR count). The summed E-state index contributed by atoms with van der Waals surface area (Å²) < 4.78 is 10.2. The Balaban J connectivity index is 1.55. The molecule has 0 saturated carbocycles. The predicted molar refractivity (Wildman–Crippen MR) is 85.3 cm³/mol. The monoisotopic (exact) mass is 326 g/mol. The van der Waals surface area contributed by atoms with E-state index >= 15 is 0 Å². The maximum Gasteiger partial charge on any atom is 0.348 e. The molecule has 1 aliphatic rings. The Morgan fingerprint density at radius 1 is 1.30 bits per heavy atom. The Labute approximate surface area is 136 Å². The van der Waals surface area contributed by atoms with Crippen molar-refractivity contribution in [3.05, 3.63) is 58.1 Å². The molecule has 5 nitrogen and oxygen atoms in total. The lowest BCUT2D eigenvalue weighted by atomic mass is 9.91. The molecular formula is C17H14N2O3S. The minimum absolute atomic E-state index is 0.00116. The second kappa shape index (κ2) is 5.62. The minimum atomic E-state index is -0.349. The van der Waals surface area contributed by atoms with Crippen LogP contribution in [0.2, 0.25) is 0 Å². The van der Waals surface area contributed by atoms with Crippen molar-refractivity contribution in [3.8, 4) is 10.4 Å². The van der Waals surface area contributed by atoms with Crippen LogP contribution < -0.4 is 0 Å². The van der Waals surface area contributed by atoms with E-state index in [-0.39, 0.29) is 12.6 Å². The number of rotatable bonds is 3. The zero-order valence-corrected chi connectivity index (χ0v) is 13.4. The van der Waals surface area contributed by atoms with Crippen molar-refractivity contribution < 1.29 is 14.1 Å². The largest absolute Gasteiger partial charge is 0.451 e. The van der Waals surface area contributed by atoms with Crippen LogP contribution in [0.25, 0.3) is 10.4 Å². The second-order valence-corrected chi connectivity index (χ2v) is 6.49. The molecule has 6 heteroatoms. The lowest BCUT2D eigenvalue weighted by Gasteiger charge is -2.15. The van der Waals surface area contributed by atoms with E-state index in [2.05, 4.69) is 28.3 Å². The Morgan fingerprint density at radius 3 is 2.96 bits per heavy atom. The summed E-state index contributed by atoms with van der Waals surface area (Å²) in [5.41, 5.74) is 3.78. The number of carbonyl (C=O) groups excluding carboxylic acids is 1. The molecule has 0 atom stereocenters. The van der Waals surface area contributed by atoms with Crippen LogP contribution in [0.4, 0.5) is 0 Å². The SMILES string of the molecule is Cc1noc(COC(=O)c2cc3c(s2)-c2ccccc2CC3)n1. The fraction of sp³-hybridized carbons (Fsp3) is 0.235. The Hall–Kier alpha value is -2.47. The van der Waals surface area contributed by atoms with E-state index in [1.54, 1.807) is 6.92 Å². The topological polar surface area (TPSA) is 65.2 Å². The normalized spacial score (nSPS) is 12.6. The highest BCUT2D eigenvalue weighted by Gasteiger charge is 2.22. The van der Waals surface area contributed by atoms with Gasteiger partial charge in [-0.3, -0.25) is 0 Å². The number of thiophene rings is 1. The second-order valence-electron chi connectivity index (χ2n) is 5.43. The minimum Gasteiger partial charge on any atom is -0.451 e. The molecule has 2 heterocycles. The zero-order chi connectivity index (χ0) is 15.8. The average Bonchev–Trinajstić information content (AvgIpc) is 3.18. The molecule has 23 heavy (non-hydrogen) atoms. The molecule has 0 unspecified atom stereocenters. The van der Waals surface area contributed by atoms with Gasteiger partial charge in [-0.25, -0.2) is 4.79 Å². The lowest BCUT2D eigenvalue weighted by molar-refractivity contribution is 0.0435. The maximum atomic E-state index is 12.3. The van der Waals surface area contributed by atoms with E-state index in [9.17, 15) is 4.79 Å². The number of aromatic nitrogens is 2. The van der Waals surface area contributed by atoms with Crippen LogP contribution in [0.15, 0.2) is 34.9 Å². The van der Waals surface area contributed by atoms with Gasteiger partial charge in [0.05, 0.1) is 0 Å². The number of nitrogens with zero attached hydrogens (tertiary/aromatic N) is 2. The van der Waals surface area contributed by atoms with Gasteiger partial charge in [-0.1, -0.05) is 29.4 Å². The highest BCUT2D eigenvalue weighted by molar-refractivity contribution is 7.17. The van der Waals surface area contributed by atoms with Gasteiger partial charge >= 0.3 is 5.97 Å². The molecular weight excluding hydrogens is 312 g/mol. The van der Waals surface area contributed by atoms with Gasteiger partial charge in [-0.2, -0.15) is 4.98 Å². The van der Waals surface area contributed by atoms with Crippen LogP contribution >= 0.6 is 11.3 Å². The van der Waals surface area contributed by atoms with Crippen LogP contribution in [-0.2, 0) is 24.2 Å². The summed E-state index contributed by atoms with van der Waals surface area (Å²) in [5, 5.41) is 3.67. The summed E-state index contributed by atoms with van der Waals surface area (Å²) in [7, 11) is 0. The van der Waals surface area contributed by atoms with Gasteiger partial charge in [-0.15, -0.1) is 11.3 Å². The van der Waals surface area contributed by atoms with Crippen molar-refractivity contribution in [2.45, 2.75) is 26.4 Å². The van der Waals surface area contributed by atoms with E-state index in [0.717, 1.165) is 12.8 Å². The standard InChI is InChI=1S/C17H14N2O3S/c1-10-18-15(22-19-10)9-21-17(20)14-8-12-7-6-11-4-2-3-5-13(11)16(12)23-14/h2-5,8H,6-7,9H2,1H3. The van der Waals surface area contributed by atoms with Crippen molar-refractivity contribution in [1.82, 2.24) is 10.1 Å². The van der Waals surface area contributed by atoms with Crippen molar-refractivity contribution >= 4 is 17.3 Å². The number of ether oxygens (including phenoxy) is 1. The number of hydrogen-bond acceptors (Lipinski definition) is 6. The summed E-state index contributed by atoms with van der Waals surface area (Å²) in [6, 6.07) is 10.3. The van der Waals surface area contributed by atoms with Gasteiger partial charge < -0.3 is 9.26 Å². The Morgan fingerprint density at radius 2 is 2.13 bits per heavy atom. The third kappa shape index (κ3) is 2.66. The highest BCUT2D eigenvalue weighted by Crippen LogP contribution is 2.39. The van der Waals surface area contributed by atoms with Crippen molar-refractivity contribution in [1.29, 1.82) is 0 Å². The van der Waals surface area contributed by atoms with E-state index in [1.807, 2.05) is 12.1 Å². The molecule has 0 bridgehead atoms.